The van der Waals surface area contributed by atoms with E-state index in [4.69, 9.17) is 5.02 Å². The van der Waals surface area contributed by atoms with Gasteiger partial charge in [0.05, 0.1) is 0 Å². The molecule has 1 aromatic heterocycles. The Bertz CT molecular complexity index is 491. The molecular formula is C13H17BNO2. The lowest BCUT2D eigenvalue weighted by Crippen LogP contribution is -2.41. The fourth-order valence-electron chi connectivity index (χ4n) is 2.75. The van der Waals surface area contributed by atoms with Crippen molar-refractivity contribution in [2.24, 2.45) is 5.92 Å². The molecule has 1 radical (unpaired) electrons. The highest BCUT2D eigenvalue weighted by Gasteiger charge is 2.25. The number of rotatable bonds is 3. The van der Waals surface area contributed by atoms with Crippen LogP contribution >= 0.6 is 0 Å². The van der Waals surface area contributed by atoms with E-state index in [0.29, 0.717) is 11.4 Å². The van der Waals surface area contributed by atoms with Crippen LogP contribution in [0.15, 0.2) is 10.9 Å². The van der Waals surface area contributed by atoms with Gasteiger partial charge in [-0.3, -0.25) is 4.79 Å². The van der Waals surface area contributed by atoms with Gasteiger partial charge in [0.2, 0.25) is 5.56 Å². The van der Waals surface area contributed by atoms with Crippen LogP contribution in [-0.4, -0.2) is 17.1 Å². The van der Waals surface area contributed by atoms with Crippen LogP contribution in [0.3, 0.4) is 0 Å². The summed E-state index contributed by atoms with van der Waals surface area (Å²) in [5.74, 6) is 0.688. The average Bonchev–Trinajstić information content (AvgIpc) is 3.16. The van der Waals surface area contributed by atoms with E-state index in [-0.39, 0.29) is 5.56 Å². The Balaban J connectivity index is 2.10. The highest BCUT2D eigenvalue weighted by molar-refractivity contribution is 6.45. The van der Waals surface area contributed by atoms with Gasteiger partial charge in [-0.1, -0.05) is 6.07 Å². The van der Waals surface area contributed by atoms with Crippen molar-refractivity contribution in [1.82, 2.24) is 4.57 Å². The Labute approximate surface area is 102 Å². The Kier molecular flexibility index (Phi) is 2.83. The van der Waals surface area contributed by atoms with E-state index in [2.05, 4.69) is 0 Å². The maximum atomic E-state index is 12.2. The van der Waals surface area contributed by atoms with Crippen LogP contribution in [-0.2, 0) is 19.4 Å². The summed E-state index contributed by atoms with van der Waals surface area (Å²) in [7, 11) is 0.959. The first kappa shape index (κ1) is 11.1. The lowest BCUT2D eigenvalue weighted by molar-refractivity contribution is 0.542. The number of hydrogen-bond acceptors (Lipinski definition) is 2. The van der Waals surface area contributed by atoms with Crippen molar-refractivity contribution in [3.63, 3.8) is 0 Å². The molecule has 1 heterocycles. The SMILES string of the molecule is O=c1c([B]O)cc2c(n1CC1CC1)CCCC2. The molecule has 0 spiro atoms. The third kappa shape index (κ3) is 2.06. The third-order valence-corrected chi connectivity index (χ3v) is 3.90. The molecule has 0 atom stereocenters. The van der Waals surface area contributed by atoms with Gasteiger partial charge in [0, 0.05) is 17.7 Å². The van der Waals surface area contributed by atoms with Gasteiger partial charge in [-0.15, -0.1) is 0 Å². The molecule has 3 nitrogen and oxygen atoms in total. The first-order chi connectivity index (χ1) is 8.29. The largest absolute Gasteiger partial charge is 0.450 e. The van der Waals surface area contributed by atoms with Crippen LogP contribution in [0.25, 0.3) is 0 Å². The smallest absolute Gasteiger partial charge is 0.332 e. The van der Waals surface area contributed by atoms with Crippen LogP contribution < -0.4 is 11.0 Å². The van der Waals surface area contributed by atoms with Crippen molar-refractivity contribution in [2.75, 3.05) is 0 Å². The maximum absolute atomic E-state index is 12.2. The van der Waals surface area contributed by atoms with Gasteiger partial charge in [0.15, 0.2) is 0 Å². The number of pyridine rings is 1. The quantitative estimate of drug-likeness (QED) is 0.762. The molecule has 89 valence electrons. The molecular weight excluding hydrogens is 213 g/mol. The minimum absolute atomic E-state index is 0.0138. The van der Waals surface area contributed by atoms with E-state index in [9.17, 15) is 4.79 Å². The maximum Gasteiger partial charge on any atom is 0.332 e. The third-order valence-electron chi connectivity index (χ3n) is 3.90. The molecule has 1 fully saturated rings. The molecule has 0 aromatic carbocycles. The van der Waals surface area contributed by atoms with Gasteiger partial charge in [0.1, 0.15) is 0 Å². The summed E-state index contributed by atoms with van der Waals surface area (Å²) >= 11 is 0. The van der Waals surface area contributed by atoms with Gasteiger partial charge in [-0.05, 0) is 50.0 Å². The van der Waals surface area contributed by atoms with Crippen molar-refractivity contribution in [1.29, 1.82) is 0 Å². The number of aromatic nitrogens is 1. The first-order valence-electron chi connectivity index (χ1n) is 6.52. The molecule has 0 amide bonds. The molecule has 4 heteroatoms. The van der Waals surface area contributed by atoms with Crippen LogP contribution in [0.1, 0.15) is 36.9 Å². The van der Waals surface area contributed by atoms with E-state index in [1.54, 1.807) is 0 Å². The Morgan fingerprint density at radius 1 is 1.35 bits per heavy atom. The molecule has 0 aliphatic heterocycles. The minimum Gasteiger partial charge on any atom is -0.450 e. The van der Waals surface area contributed by atoms with Gasteiger partial charge in [-0.2, -0.15) is 0 Å². The van der Waals surface area contributed by atoms with Crippen LogP contribution in [0, 0.1) is 5.92 Å². The van der Waals surface area contributed by atoms with E-state index in [1.807, 2.05) is 10.6 Å². The topological polar surface area (TPSA) is 42.2 Å². The lowest BCUT2D eigenvalue weighted by atomic mass is 9.85. The molecule has 1 saturated carbocycles. The Morgan fingerprint density at radius 3 is 2.82 bits per heavy atom. The summed E-state index contributed by atoms with van der Waals surface area (Å²) in [5, 5.41) is 9.16. The second-order valence-corrected chi connectivity index (χ2v) is 5.27. The van der Waals surface area contributed by atoms with E-state index in [1.165, 1.54) is 36.9 Å². The lowest BCUT2D eigenvalue weighted by Gasteiger charge is -2.22. The fraction of sp³-hybridized carbons (Fsp3) is 0.615. The Morgan fingerprint density at radius 2 is 2.12 bits per heavy atom. The van der Waals surface area contributed by atoms with Gasteiger partial charge in [0.25, 0.3) is 0 Å². The number of hydrogen-bond donors (Lipinski definition) is 1. The van der Waals surface area contributed by atoms with Gasteiger partial charge < -0.3 is 9.59 Å². The minimum atomic E-state index is -0.0138. The molecule has 0 bridgehead atoms. The summed E-state index contributed by atoms with van der Waals surface area (Å²) in [6, 6.07) is 1.88. The zero-order valence-electron chi connectivity index (χ0n) is 9.98. The second kappa shape index (κ2) is 4.33. The fourth-order valence-corrected chi connectivity index (χ4v) is 2.75. The number of nitrogens with zero attached hydrogens (tertiary/aromatic N) is 1. The molecule has 2 aliphatic carbocycles. The molecule has 0 saturated heterocycles. The van der Waals surface area contributed by atoms with Crippen molar-refractivity contribution in [3.8, 4) is 0 Å². The van der Waals surface area contributed by atoms with Crippen LogP contribution in [0.2, 0.25) is 0 Å². The predicted molar refractivity (Wildman–Crippen MR) is 67.7 cm³/mol. The standard InChI is InChI=1S/C13H17BNO2/c16-13-11(14-17)7-10-3-1-2-4-12(10)15(13)8-9-5-6-9/h7,9,17H,1-6,8H2. The summed E-state index contributed by atoms with van der Waals surface area (Å²) in [5.41, 5.74) is 2.92. The normalized spacial score (nSPS) is 18.9. The predicted octanol–water partition coefficient (Wildman–Crippen LogP) is 0.374. The molecule has 0 unspecified atom stereocenters. The zero-order valence-corrected chi connectivity index (χ0v) is 9.98. The summed E-state index contributed by atoms with van der Waals surface area (Å²) in [6.07, 6.45) is 6.92. The van der Waals surface area contributed by atoms with Crippen molar-refractivity contribution in [3.05, 3.63) is 27.7 Å². The van der Waals surface area contributed by atoms with Crippen molar-refractivity contribution in [2.45, 2.75) is 45.1 Å². The molecule has 17 heavy (non-hydrogen) atoms. The zero-order chi connectivity index (χ0) is 11.8. The van der Waals surface area contributed by atoms with E-state index >= 15 is 0 Å². The average molecular weight is 230 g/mol. The summed E-state index contributed by atoms with van der Waals surface area (Å²) in [4.78, 5) is 12.2. The monoisotopic (exact) mass is 230 g/mol. The number of fused-ring (bicyclic) bond motifs is 1. The summed E-state index contributed by atoms with van der Waals surface area (Å²) < 4.78 is 1.92. The molecule has 2 aliphatic rings. The van der Waals surface area contributed by atoms with E-state index in [0.717, 1.165) is 26.9 Å². The van der Waals surface area contributed by atoms with Crippen molar-refractivity contribution >= 4 is 12.9 Å². The van der Waals surface area contributed by atoms with Gasteiger partial charge >= 0.3 is 7.48 Å². The molecule has 3 rings (SSSR count). The van der Waals surface area contributed by atoms with Gasteiger partial charge in [-0.25, -0.2) is 0 Å². The van der Waals surface area contributed by atoms with Crippen LogP contribution in [0.4, 0.5) is 0 Å². The molecule has 1 N–H and O–H groups in total. The summed E-state index contributed by atoms with van der Waals surface area (Å²) in [6.45, 7) is 0.850. The molecule has 1 aromatic rings. The van der Waals surface area contributed by atoms with Crippen molar-refractivity contribution < 1.29 is 5.02 Å². The highest BCUT2D eigenvalue weighted by Crippen LogP contribution is 2.31. The van der Waals surface area contributed by atoms with E-state index < -0.39 is 0 Å². The first-order valence-corrected chi connectivity index (χ1v) is 6.52. The van der Waals surface area contributed by atoms with Crippen LogP contribution in [0.5, 0.6) is 0 Å². The highest BCUT2D eigenvalue weighted by atomic mass is 16.2. The number of aryl methyl sites for hydroxylation is 1. The Hall–Kier alpha value is -1.03. The second-order valence-electron chi connectivity index (χ2n) is 5.27.